The molecule has 64 heteroatoms. The van der Waals surface area contributed by atoms with Gasteiger partial charge in [0.25, 0.3) is 0 Å². The third-order valence-corrected chi connectivity index (χ3v) is 17.1. The van der Waals surface area contributed by atoms with Gasteiger partial charge < -0.3 is 66.4 Å². The SMILES string of the molecule is Oc1c(F)c(F)c(F)c(C(F)(F)F)c1F.Oc1c(F)c(F)c(F)c(F)c1C(F)(F)F.Oc1c(F)c(F)c(F)c2c(F)c(F)c(F)c(F)c12.Oc1c(F)c(F)c(F)c2c(F)c(F)c(F)c(O)c12.Oc1c(F)c(F)c(O)c2c(F)c(F)c(F)c(F)c12.Oc1c(F)c(F)c2c(F)c(F)c(F)c(F)c2c1O.Oc1c(F)c(F)c2c(O)c(F)c(F)c(F)c2c1F.Oc1c(F)c(O)c2c(F)c(F)c(F)c(F)c2c1F. The Balaban J connectivity index is 0.000000215. The van der Waals surface area contributed by atoms with Crippen molar-refractivity contribution in [3.63, 3.8) is 0 Å². The van der Waals surface area contributed by atoms with Gasteiger partial charge in [-0.2, -0.15) is 74.6 Å². The summed E-state index contributed by atoms with van der Waals surface area (Å²) in [4.78, 5) is 0. The van der Waals surface area contributed by atoms with Crippen LogP contribution in [-0.2, 0) is 12.4 Å². The minimum absolute atomic E-state index is 1.39. The summed E-state index contributed by atoms with van der Waals surface area (Å²) in [5.41, 5.74) is -5.24. The molecule has 0 aromatic heterocycles. The summed E-state index contributed by atoms with van der Waals surface area (Å²) < 4.78 is 654. The second-order valence-corrected chi connectivity index (χ2v) is 24.9. The van der Waals surface area contributed by atoms with E-state index in [2.05, 4.69) is 0 Å². The Kier molecular flexibility index (Phi) is 31.0. The first-order valence-electron chi connectivity index (χ1n) is 32.5. The second kappa shape index (κ2) is 39.1. The van der Waals surface area contributed by atoms with Crippen LogP contribution in [0.1, 0.15) is 11.1 Å². The van der Waals surface area contributed by atoms with Gasteiger partial charge in [-0.3, -0.25) is 0 Å². The van der Waals surface area contributed by atoms with Gasteiger partial charge in [0.05, 0.1) is 64.6 Å². The van der Waals surface area contributed by atoms with Crippen LogP contribution in [0, 0.1) is 262 Å². The average molecular weight is 2080 g/mol. The molecule has 0 saturated heterocycles. The van der Waals surface area contributed by atoms with Crippen molar-refractivity contribution in [2.75, 3.05) is 0 Å². The number of alkyl halides is 6. The monoisotopic (exact) mass is 2080 g/mol. The molecule has 13 nitrogen and oxygen atoms in total. The molecule has 14 rings (SSSR count). The summed E-state index contributed by atoms with van der Waals surface area (Å²) in [6.07, 6.45) is -11.1. The lowest BCUT2D eigenvalue weighted by Crippen LogP contribution is -2.14. The standard InChI is InChI=1S/C10HF7O.5C10H2F6O2.2C7HF7O/c11-3-1-2(5(13)7(15)6(3)14)10(18)9(17)8(16)4(1)12;11-3-1-2(4(12)6(14)5(3)13)10(18)8(16)7(15)9(1)17;11-3-1-2(9(17)8(16)6(3)14)4(12)7(15)10(18)5(1)13;11-3-1-2(4(12)7(15)6(3)14)9(17)8(16)10(18)5(1)13;11-3-1-2(9(17)7(15)5(3)13)10(18)8(16)6(14)4(1)12;11-3-1-2(5(13)7(15)6(3)14)9(17)10(18)8(16)4(1)12;8-2-1(7(12,13)14)6(15)5(11)4(10)3(2)9;8-2-1(7(12,13)14)3(9)6(15)5(11)4(2)10/h18H;5*17-18H;2*15H. The highest BCUT2D eigenvalue weighted by Gasteiger charge is 2.45. The molecule has 0 saturated carbocycles. The number of hydrogen-bond donors (Lipinski definition) is 13. The number of phenols is 13. The highest BCUT2D eigenvalue weighted by Crippen LogP contribution is 2.50. The van der Waals surface area contributed by atoms with Gasteiger partial charge >= 0.3 is 12.4 Å². The smallest absolute Gasteiger partial charge is 0.423 e. The number of rotatable bonds is 0. The average Bonchev–Trinajstić information content (AvgIpc) is 0.752. The summed E-state index contributed by atoms with van der Waals surface area (Å²) in [6, 6.07) is 0. The normalized spacial score (nSPS) is 11.4. The summed E-state index contributed by atoms with van der Waals surface area (Å²) in [5.74, 6) is -126. The Bertz CT molecular complexity index is 5780. The van der Waals surface area contributed by atoms with E-state index >= 15 is 0 Å². The molecule has 0 atom stereocenters. The first kappa shape index (κ1) is 109. The Morgan fingerprint density at radius 3 is 0.493 bits per heavy atom. The third kappa shape index (κ3) is 18.1. The van der Waals surface area contributed by atoms with Crippen LogP contribution in [0.5, 0.6) is 74.7 Å². The molecule has 744 valence electrons. The third-order valence-electron chi connectivity index (χ3n) is 17.1. The highest BCUT2D eigenvalue weighted by molar-refractivity contribution is 5.97. The lowest BCUT2D eigenvalue weighted by molar-refractivity contribution is -0.143. The number of benzene rings is 14. The maximum Gasteiger partial charge on any atom is 0.423 e. The zero-order chi connectivity index (χ0) is 107. The number of aromatic hydroxyl groups is 13. The van der Waals surface area contributed by atoms with Crippen molar-refractivity contribution in [2.45, 2.75) is 12.4 Å². The highest BCUT2D eigenvalue weighted by atomic mass is 19.4. The van der Waals surface area contributed by atoms with E-state index in [4.69, 9.17) is 66.4 Å². The van der Waals surface area contributed by atoms with Crippen molar-refractivity contribution in [3.05, 3.63) is 273 Å². The van der Waals surface area contributed by atoms with Gasteiger partial charge in [-0.05, 0) is 0 Å². The molecule has 13 N–H and O–H groups in total. The maximum atomic E-state index is 13.3. The van der Waals surface area contributed by atoms with E-state index in [1.807, 2.05) is 0 Å². The Hall–Kier alpha value is -15.5. The first-order valence-corrected chi connectivity index (χ1v) is 32.5. The summed E-state index contributed by atoms with van der Waals surface area (Å²) in [6.45, 7) is 0. The van der Waals surface area contributed by atoms with Crippen LogP contribution in [0.25, 0.3) is 64.6 Å². The molecule has 14 aromatic carbocycles. The molecule has 0 heterocycles. The fourth-order valence-electron chi connectivity index (χ4n) is 10.7. The number of fused-ring (bicyclic) bond motifs is 6. The minimum Gasteiger partial charge on any atom is -0.504 e. The number of halogens is 51. The zero-order valence-electron chi connectivity index (χ0n) is 62.1. The molecular weight excluding hydrogens is 2070 g/mol. The fourth-order valence-corrected chi connectivity index (χ4v) is 10.7. The van der Waals surface area contributed by atoms with Crippen LogP contribution in [0.4, 0.5) is 224 Å². The van der Waals surface area contributed by atoms with Crippen LogP contribution in [0.2, 0.25) is 0 Å². The van der Waals surface area contributed by atoms with Gasteiger partial charge in [-0.1, -0.05) is 0 Å². The predicted octanol–water partition coefficient (Wildman–Crippen LogP) is 24.9. The molecule has 138 heavy (non-hydrogen) atoms. The van der Waals surface area contributed by atoms with Gasteiger partial charge in [0.1, 0.15) is 11.1 Å². The molecule has 0 spiro atoms. The van der Waals surface area contributed by atoms with E-state index in [1.54, 1.807) is 0 Å². The predicted molar refractivity (Wildman–Crippen MR) is 346 cm³/mol. The molecule has 0 aliphatic heterocycles. The summed E-state index contributed by atoms with van der Waals surface area (Å²) >= 11 is 0. The van der Waals surface area contributed by atoms with Crippen LogP contribution in [-0.4, -0.2) is 66.4 Å². The van der Waals surface area contributed by atoms with Crippen molar-refractivity contribution in [1.29, 1.82) is 0 Å². The van der Waals surface area contributed by atoms with Crippen molar-refractivity contribution in [3.8, 4) is 74.7 Å². The molecule has 0 aliphatic rings. The Morgan fingerprint density at radius 1 is 0.0870 bits per heavy atom. The molecule has 0 amide bonds. The quantitative estimate of drug-likeness (QED) is 0.0222. The van der Waals surface area contributed by atoms with E-state index in [-0.39, 0.29) is 0 Å². The maximum absolute atomic E-state index is 13.3. The van der Waals surface area contributed by atoms with E-state index in [0.717, 1.165) is 0 Å². The zero-order valence-corrected chi connectivity index (χ0v) is 62.1. The fraction of sp³-hybridized carbons (Fsp3) is 0.0270. The molecule has 14 aromatic rings. The largest absolute Gasteiger partial charge is 0.504 e. The number of hydrogen-bond acceptors (Lipinski definition) is 13. The van der Waals surface area contributed by atoms with Crippen molar-refractivity contribution < 1.29 is 290 Å². The molecule has 0 fully saturated rings. The van der Waals surface area contributed by atoms with E-state index in [0.29, 0.717) is 0 Å². The molecule has 0 unspecified atom stereocenters. The first-order chi connectivity index (χ1) is 63.1. The van der Waals surface area contributed by atoms with Crippen LogP contribution in [0.15, 0.2) is 0 Å². The lowest BCUT2D eigenvalue weighted by atomic mass is 10.1. The topological polar surface area (TPSA) is 263 Å². The van der Waals surface area contributed by atoms with Gasteiger partial charge in [0.15, 0.2) is 267 Å². The second-order valence-electron chi connectivity index (χ2n) is 24.9. The van der Waals surface area contributed by atoms with Crippen LogP contribution < -0.4 is 0 Å². The van der Waals surface area contributed by atoms with Gasteiger partial charge in [0.2, 0.25) is 69.8 Å². The Labute approximate surface area is 713 Å². The Morgan fingerprint density at radius 2 is 0.217 bits per heavy atom. The van der Waals surface area contributed by atoms with E-state index in [1.165, 1.54) is 0 Å². The van der Waals surface area contributed by atoms with Gasteiger partial charge in [-0.15, -0.1) is 0 Å². The molecular formula is C74H13F51O13. The van der Waals surface area contributed by atoms with Gasteiger partial charge in [0, 0.05) is 0 Å². The minimum atomic E-state index is -5.57. The van der Waals surface area contributed by atoms with Crippen molar-refractivity contribution in [2.24, 2.45) is 0 Å². The summed E-state index contributed by atoms with van der Waals surface area (Å²) in [7, 11) is 0. The van der Waals surface area contributed by atoms with E-state index in [9.17, 15) is 224 Å². The summed E-state index contributed by atoms with van der Waals surface area (Å²) in [5, 5.41) is 97.4. The van der Waals surface area contributed by atoms with Crippen LogP contribution >= 0.6 is 0 Å². The van der Waals surface area contributed by atoms with E-state index < -0.39 is 425 Å². The van der Waals surface area contributed by atoms with Crippen molar-refractivity contribution in [1.82, 2.24) is 0 Å². The van der Waals surface area contributed by atoms with Gasteiger partial charge in [-0.25, -0.2) is 149 Å². The van der Waals surface area contributed by atoms with Crippen molar-refractivity contribution >= 4 is 64.6 Å². The number of phenolic OH excluding ortho intramolecular Hbond substituents is 13. The molecule has 0 bridgehead atoms. The molecule has 0 aliphatic carbocycles. The lowest BCUT2D eigenvalue weighted by Gasteiger charge is -2.11. The molecule has 0 radical (unpaired) electrons. The van der Waals surface area contributed by atoms with Crippen LogP contribution in [0.3, 0.4) is 0 Å².